The number of aliphatic hydroxyl groups excluding tert-OH is 1. The quantitative estimate of drug-likeness (QED) is 0.835. The summed E-state index contributed by atoms with van der Waals surface area (Å²) in [6, 6.07) is 10.2. The fourth-order valence-corrected chi connectivity index (χ4v) is 2.47. The minimum atomic E-state index is 0.173. The molecule has 1 atom stereocenters. The van der Waals surface area contributed by atoms with Gasteiger partial charge in [-0.25, -0.2) is 0 Å². The molecule has 0 amide bonds. The van der Waals surface area contributed by atoms with Gasteiger partial charge in [-0.3, -0.25) is 4.98 Å². The van der Waals surface area contributed by atoms with Crippen LogP contribution in [0.1, 0.15) is 30.9 Å². The van der Waals surface area contributed by atoms with Gasteiger partial charge < -0.3 is 9.84 Å². The van der Waals surface area contributed by atoms with Crippen LogP contribution in [-0.4, -0.2) is 23.3 Å². The van der Waals surface area contributed by atoms with Gasteiger partial charge in [0.05, 0.1) is 12.3 Å². The topological polar surface area (TPSA) is 42.4 Å². The molecular weight excluding hydrogens is 274 g/mol. The zero-order valence-corrected chi connectivity index (χ0v) is 13.7. The number of rotatable bonds is 7. The van der Waals surface area contributed by atoms with Crippen LogP contribution in [0, 0.1) is 19.8 Å². The highest BCUT2D eigenvalue weighted by Crippen LogP contribution is 2.25. The molecule has 0 saturated heterocycles. The average molecular weight is 299 g/mol. The van der Waals surface area contributed by atoms with Crippen LogP contribution in [0.2, 0.25) is 0 Å². The molecule has 2 rings (SSSR count). The first kappa shape index (κ1) is 16.5. The van der Waals surface area contributed by atoms with Gasteiger partial charge in [0.2, 0.25) is 0 Å². The van der Waals surface area contributed by atoms with Gasteiger partial charge in [-0.1, -0.05) is 19.4 Å². The fraction of sp³-hybridized carbons (Fsp3) is 0.421. The lowest BCUT2D eigenvalue weighted by atomic mass is 10.1. The van der Waals surface area contributed by atoms with Gasteiger partial charge in [0, 0.05) is 24.3 Å². The van der Waals surface area contributed by atoms with Crippen molar-refractivity contribution in [1.29, 1.82) is 0 Å². The molecule has 0 radical (unpaired) electrons. The first-order valence-corrected chi connectivity index (χ1v) is 7.90. The standard InChI is InChI=1S/C19H25NO2/c1-4-5-16(12-21)13-22-18-9-15(3)8-17(10-18)19-7-6-14(2)11-20-19/h6-11,16,21H,4-5,12-13H2,1-3H3. The van der Waals surface area contributed by atoms with Crippen molar-refractivity contribution in [2.24, 2.45) is 5.92 Å². The Hall–Kier alpha value is -1.87. The van der Waals surface area contributed by atoms with Crippen LogP contribution in [0.4, 0.5) is 0 Å². The molecule has 0 spiro atoms. The van der Waals surface area contributed by atoms with Crippen molar-refractivity contribution in [1.82, 2.24) is 4.98 Å². The van der Waals surface area contributed by atoms with Crippen molar-refractivity contribution in [2.45, 2.75) is 33.6 Å². The summed E-state index contributed by atoms with van der Waals surface area (Å²) in [5, 5.41) is 9.36. The summed E-state index contributed by atoms with van der Waals surface area (Å²) >= 11 is 0. The molecule has 0 aliphatic carbocycles. The van der Waals surface area contributed by atoms with Crippen LogP contribution >= 0.6 is 0 Å². The molecule has 22 heavy (non-hydrogen) atoms. The van der Waals surface area contributed by atoms with Crippen LogP contribution in [0.25, 0.3) is 11.3 Å². The van der Waals surface area contributed by atoms with Crippen LogP contribution in [0.5, 0.6) is 5.75 Å². The normalized spacial score (nSPS) is 12.2. The number of aryl methyl sites for hydroxylation is 2. The summed E-state index contributed by atoms with van der Waals surface area (Å²) in [4.78, 5) is 4.48. The Bertz CT molecular complexity index is 593. The molecule has 3 nitrogen and oxygen atoms in total. The lowest BCUT2D eigenvalue weighted by Gasteiger charge is -2.15. The lowest BCUT2D eigenvalue weighted by Crippen LogP contribution is -2.15. The summed E-state index contributed by atoms with van der Waals surface area (Å²) in [6.07, 6.45) is 3.91. The van der Waals surface area contributed by atoms with E-state index >= 15 is 0 Å². The third-order valence-corrected chi connectivity index (χ3v) is 3.70. The Morgan fingerprint density at radius 3 is 2.59 bits per heavy atom. The second-order valence-corrected chi connectivity index (χ2v) is 5.90. The molecule has 3 heteroatoms. The van der Waals surface area contributed by atoms with E-state index in [2.05, 4.69) is 31.0 Å². The predicted molar refractivity (Wildman–Crippen MR) is 90.1 cm³/mol. The molecule has 0 bridgehead atoms. The van der Waals surface area contributed by atoms with Crippen LogP contribution < -0.4 is 4.74 Å². The van der Waals surface area contributed by atoms with Crippen LogP contribution in [0.15, 0.2) is 36.5 Å². The third kappa shape index (κ3) is 4.57. The number of benzene rings is 1. The van der Waals surface area contributed by atoms with E-state index in [1.54, 1.807) is 0 Å². The molecule has 1 aromatic carbocycles. The monoisotopic (exact) mass is 299 g/mol. The van der Waals surface area contributed by atoms with Gasteiger partial charge in [-0.05, 0) is 55.7 Å². The highest BCUT2D eigenvalue weighted by molar-refractivity contribution is 5.62. The van der Waals surface area contributed by atoms with E-state index in [0.29, 0.717) is 6.61 Å². The van der Waals surface area contributed by atoms with Gasteiger partial charge in [-0.2, -0.15) is 0 Å². The van der Waals surface area contributed by atoms with Crippen molar-refractivity contribution >= 4 is 0 Å². The molecule has 1 N–H and O–H groups in total. The molecule has 0 aliphatic heterocycles. The zero-order valence-electron chi connectivity index (χ0n) is 13.7. The van der Waals surface area contributed by atoms with Crippen molar-refractivity contribution in [2.75, 3.05) is 13.2 Å². The van der Waals surface area contributed by atoms with Crippen molar-refractivity contribution in [3.8, 4) is 17.0 Å². The second kappa shape index (κ2) is 7.95. The molecule has 1 aromatic heterocycles. The Labute approximate surface area is 133 Å². The van der Waals surface area contributed by atoms with E-state index < -0.39 is 0 Å². The first-order chi connectivity index (χ1) is 10.6. The first-order valence-electron chi connectivity index (χ1n) is 7.90. The maximum absolute atomic E-state index is 9.36. The maximum atomic E-state index is 9.36. The number of nitrogens with zero attached hydrogens (tertiary/aromatic N) is 1. The van der Waals surface area contributed by atoms with E-state index in [1.165, 1.54) is 0 Å². The van der Waals surface area contributed by atoms with E-state index in [1.807, 2.05) is 31.3 Å². The number of pyridine rings is 1. The Morgan fingerprint density at radius 1 is 1.14 bits per heavy atom. The highest BCUT2D eigenvalue weighted by atomic mass is 16.5. The van der Waals surface area contributed by atoms with E-state index in [4.69, 9.17) is 4.74 Å². The van der Waals surface area contributed by atoms with Gasteiger partial charge in [0.15, 0.2) is 0 Å². The van der Waals surface area contributed by atoms with Gasteiger partial charge in [-0.15, -0.1) is 0 Å². The van der Waals surface area contributed by atoms with Gasteiger partial charge >= 0.3 is 0 Å². The Kier molecular flexibility index (Phi) is 5.96. The molecular formula is C19H25NO2. The summed E-state index contributed by atoms with van der Waals surface area (Å²) in [5.41, 5.74) is 4.31. The van der Waals surface area contributed by atoms with Gasteiger partial charge in [0.1, 0.15) is 5.75 Å². The highest BCUT2D eigenvalue weighted by Gasteiger charge is 2.09. The van der Waals surface area contributed by atoms with Crippen molar-refractivity contribution in [3.63, 3.8) is 0 Å². The minimum Gasteiger partial charge on any atom is -0.493 e. The molecule has 118 valence electrons. The SMILES string of the molecule is CCCC(CO)COc1cc(C)cc(-c2ccc(C)cn2)c1. The summed E-state index contributed by atoms with van der Waals surface area (Å²) in [7, 11) is 0. The minimum absolute atomic E-state index is 0.173. The molecule has 1 heterocycles. The smallest absolute Gasteiger partial charge is 0.120 e. The number of aliphatic hydroxyl groups is 1. The fourth-order valence-electron chi connectivity index (χ4n) is 2.47. The number of aromatic nitrogens is 1. The van der Waals surface area contributed by atoms with E-state index in [0.717, 1.165) is 41.0 Å². The number of hydrogen-bond acceptors (Lipinski definition) is 3. The summed E-state index contributed by atoms with van der Waals surface area (Å²) in [6.45, 7) is 6.93. The van der Waals surface area contributed by atoms with Crippen molar-refractivity contribution in [3.05, 3.63) is 47.7 Å². The average Bonchev–Trinajstić information content (AvgIpc) is 2.51. The van der Waals surface area contributed by atoms with Gasteiger partial charge in [0.25, 0.3) is 0 Å². The lowest BCUT2D eigenvalue weighted by molar-refractivity contribution is 0.155. The third-order valence-electron chi connectivity index (χ3n) is 3.70. The zero-order chi connectivity index (χ0) is 15.9. The second-order valence-electron chi connectivity index (χ2n) is 5.90. The van der Waals surface area contributed by atoms with Crippen LogP contribution in [-0.2, 0) is 0 Å². The molecule has 0 saturated carbocycles. The Balaban J connectivity index is 2.14. The summed E-state index contributed by atoms with van der Waals surface area (Å²) in [5.74, 6) is 1.04. The van der Waals surface area contributed by atoms with E-state index in [9.17, 15) is 5.11 Å². The molecule has 0 aliphatic rings. The predicted octanol–water partition coefficient (Wildman–Crippen LogP) is 4.15. The van der Waals surface area contributed by atoms with Crippen LogP contribution in [0.3, 0.4) is 0 Å². The summed E-state index contributed by atoms with van der Waals surface area (Å²) < 4.78 is 5.89. The van der Waals surface area contributed by atoms with E-state index in [-0.39, 0.29) is 12.5 Å². The largest absolute Gasteiger partial charge is 0.493 e. The number of hydrogen-bond donors (Lipinski definition) is 1. The maximum Gasteiger partial charge on any atom is 0.120 e. The molecule has 1 unspecified atom stereocenters. The van der Waals surface area contributed by atoms with Crippen molar-refractivity contribution < 1.29 is 9.84 Å². The number of ether oxygens (including phenoxy) is 1. The Morgan fingerprint density at radius 2 is 1.95 bits per heavy atom. The molecule has 0 fully saturated rings. The molecule has 2 aromatic rings.